The maximum atomic E-state index is 9.00. The summed E-state index contributed by atoms with van der Waals surface area (Å²) in [6.07, 6.45) is 0. The van der Waals surface area contributed by atoms with Crippen LogP contribution in [-0.4, -0.2) is 90.8 Å². The Kier molecular flexibility index (Phi) is 63.3. The molecular formula is C10H24MgO10. The molecule has 21 heavy (non-hydrogen) atoms. The number of carbonyl (C=O) groups is 4. The molecule has 0 aliphatic carbocycles. The summed E-state index contributed by atoms with van der Waals surface area (Å²) in [7, 11) is 0. The minimum absolute atomic E-state index is 0. The van der Waals surface area contributed by atoms with E-state index < -0.39 is 23.9 Å². The van der Waals surface area contributed by atoms with Crippen LogP contribution in [0.15, 0.2) is 0 Å². The maximum absolute atomic E-state index is 9.00. The number of hydrogen-bond donors (Lipinski definition) is 6. The van der Waals surface area contributed by atoms with Gasteiger partial charge in [-0.3, -0.25) is 19.2 Å². The van der Waals surface area contributed by atoms with Crippen LogP contribution in [0, 0.1) is 0 Å². The minimum Gasteiger partial charge on any atom is -1.00 e. The number of aliphatic hydroxyl groups is 2. The van der Waals surface area contributed by atoms with Gasteiger partial charge >= 0.3 is 23.1 Å². The van der Waals surface area contributed by atoms with Crippen molar-refractivity contribution in [2.24, 2.45) is 0 Å². The Bertz CT molecular complexity index is 198. The first-order valence-corrected chi connectivity index (χ1v) is 4.84. The summed E-state index contributed by atoms with van der Waals surface area (Å²) in [6.45, 7) is 4.08. The van der Waals surface area contributed by atoms with Crippen LogP contribution in [0.4, 0.5) is 0 Å². The van der Waals surface area contributed by atoms with Gasteiger partial charge in [-0.2, -0.15) is 0 Å². The van der Waals surface area contributed by atoms with Crippen molar-refractivity contribution in [3.63, 3.8) is 0 Å². The molecule has 0 spiro atoms. The Balaban J connectivity index is -0.0000000197. The van der Waals surface area contributed by atoms with Crippen molar-refractivity contribution in [2.45, 2.75) is 27.7 Å². The zero-order valence-electron chi connectivity index (χ0n) is 14.4. The third kappa shape index (κ3) is 27100. The Morgan fingerprint density at radius 2 is 0.667 bits per heavy atom. The second-order valence-corrected chi connectivity index (χ2v) is 2.52. The molecule has 0 unspecified atom stereocenters. The summed E-state index contributed by atoms with van der Waals surface area (Å²) in [4.78, 5) is 36.0. The molecule has 0 radical (unpaired) electrons. The molecule has 6 N–H and O–H groups in total. The predicted molar refractivity (Wildman–Crippen MR) is 75.4 cm³/mol. The normalized spacial score (nSPS) is 6.19. The van der Waals surface area contributed by atoms with E-state index in [0.717, 1.165) is 27.7 Å². The van der Waals surface area contributed by atoms with Gasteiger partial charge in [0.05, 0.1) is 13.2 Å². The average molecular weight is 329 g/mol. The molecule has 10 nitrogen and oxygen atoms in total. The average Bonchev–Trinajstić information content (AvgIpc) is 2.13. The first-order valence-electron chi connectivity index (χ1n) is 4.84. The van der Waals surface area contributed by atoms with E-state index in [1.807, 2.05) is 0 Å². The van der Waals surface area contributed by atoms with E-state index in [9.17, 15) is 0 Å². The standard InChI is InChI=1S/4C2H4O2.C2H6O2.Mg.2H/c4*1-2(3)4;3-1-2-4;;;/h4*1H3,(H,3,4);3-4H,1-2H2;;;/q;;;;;+2;2*-1. The minimum atomic E-state index is -0.833. The summed E-state index contributed by atoms with van der Waals surface area (Å²) in [6, 6.07) is 0. The summed E-state index contributed by atoms with van der Waals surface area (Å²) < 4.78 is 0. The van der Waals surface area contributed by atoms with Gasteiger partial charge in [0.25, 0.3) is 23.9 Å². The van der Waals surface area contributed by atoms with Crippen LogP contribution in [0.1, 0.15) is 30.5 Å². The fourth-order valence-corrected chi connectivity index (χ4v) is 0. The van der Waals surface area contributed by atoms with Crippen LogP contribution in [0.5, 0.6) is 0 Å². The molecule has 0 aromatic heterocycles. The summed E-state index contributed by atoms with van der Waals surface area (Å²) in [5.41, 5.74) is 0. The van der Waals surface area contributed by atoms with Crippen molar-refractivity contribution in [3.8, 4) is 0 Å². The SMILES string of the molecule is CC(=O)O.CC(=O)O.CC(=O)O.CC(=O)O.OCCO.[H-].[H-].[Mg+2]. The Labute approximate surface area is 141 Å². The van der Waals surface area contributed by atoms with Crippen molar-refractivity contribution >= 4 is 46.9 Å². The van der Waals surface area contributed by atoms with Gasteiger partial charge in [0.1, 0.15) is 0 Å². The summed E-state index contributed by atoms with van der Waals surface area (Å²) in [5, 5.41) is 44.9. The summed E-state index contributed by atoms with van der Waals surface area (Å²) in [5.74, 6) is -3.33. The number of carboxylic acids is 4. The number of aliphatic hydroxyl groups excluding tert-OH is 2. The topological polar surface area (TPSA) is 190 Å². The van der Waals surface area contributed by atoms with Crippen LogP contribution >= 0.6 is 0 Å². The number of aliphatic carboxylic acids is 4. The van der Waals surface area contributed by atoms with Gasteiger partial charge in [-0.25, -0.2) is 0 Å². The van der Waals surface area contributed by atoms with Gasteiger partial charge < -0.3 is 33.5 Å². The van der Waals surface area contributed by atoms with Gasteiger partial charge in [0, 0.05) is 27.7 Å². The molecule has 0 saturated carbocycles. The third-order valence-corrected chi connectivity index (χ3v) is 0.1000. The molecule has 126 valence electrons. The van der Waals surface area contributed by atoms with E-state index in [0.29, 0.717) is 0 Å². The zero-order valence-corrected chi connectivity index (χ0v) is 13.9. The van der Waals surface area contributed by atoms with Crippen molar-refractivity contribution in [3.05, 3.63) is 0 Å². The molecule has 0 saturated heterocycles. The number of carboxylic acid groups (broad SMARTS) is 4. The molecule has 11 heteroatoms. The van der Waals surface area contributed by atoms with E-state index in [1.165, 1.54) is 0 Å². The van der Waals surface area contributed by atoms with E-state index in [-0.39, 0.29) is 39.1 Å². The Hall–Kier alpha value is -1.43. The molecule has 0 aromatic rings. The second kappa shape index (κ2) is 36.3. The molecule has 0 atom stereocenters. The van der Waals surface area contributed by atoms with Crippen LogP contribution in [0.3, 0.4) is 0 Å². The van der Waals surface area contributed by atoms with E-state index in [4.69, 9.17) is 49.8 Å². The van der Waals surface area contributed by atoms with Crippen molar-refractivity contribution in [2.75, 3.05) is 13.2 Å². The molecule has 0 heterocycles. The van der Waals surface area contributed by atoms with Crippen LogP contribution in [-0.2, 0) is 19.2 Å². The van der Waals surface area contributed by atoms with E-state index >= 15 is 0 Å². The smallest absolute Gasteiger partial charge is 1.00 e. The largest absolute Gasteiger partial charge is 2.00 e. The third-order valence-electron chi connectivity index (χ3n) is 0.1000. The molecular weight excluding hydrogens is 304 g/mol. The van der Waals surface area contributed by atoms with Crippen molar-refractivity contribution in [1.29, 1.82) is 0 Å². The Morgan fingerprint density at radius 1 is 0.619 bits per heavy atom. The van der Waals surface area contributed by atoms with Gasteiger partial charge in [-0.15, -0.1) is 0 Å². The molecule has 0 aromatic carbocycles. The number of hydrogen-bond acceptors (Lipinski definition) is 6. The van der Waals surface area contributed by atoms with Crippen molar-refractivity contribution in [1.82, 2.24) is 0 Å². The van der Waals surface area contributed by atoms with E-state index in [1.54, 1.807) is 0 Å². The summed E-state index contributed by atoms with van der Waals surface area (Å²) >= 11 is 0. The number of rotatable bonds is 1. The predicted octanol–water partition coefficient (Wildman–Crippen LogP) is -0.821. The molecule has 0 fully saturated rings. The van der Waals surface area contributed by atoms with Gasteiger partial charge in [0.15, 0.2) is 0 Å². The van der Waals surface area contributed by atoms with Gasteiger partial charge in [-0.1, -0.05) is 0 Å². The van der Waals surface area contributed by atoms with Gasteiger partial charge in [0.2, 0.25) is 0 Å². The molecule has 0 aliphatic heterocycles. The van der Waals surface area contributed by atoms with Crippen LogP contribution in [0.25, 0.3) is 0 Å². The second-order valence-electron chi connectivity index (χ2n) is 2.52. The van der Waals surface area contributed by atoms with Crippen LogP contribution in [0.2, 0.25) is 0 Å². The monoisotopic (exact) mass is 328 g/mol. The first-order chi connectivity index (χ1) is 8.84. The van der Waals surface area contributed by atoms with Gasteiger partial charge in [-0.05, 0) is 0 Å². The van der Waals surface area contributed by atoms with Crippen LogP contribution < -0.4 is 0 Å². The van der Waals surface area contributed by atoms with Crippen molar-refractivity contribution < 1.29 is 52.7 Å². The molecule has 0 rings (SSSR count). The quantitative estimate of drug-likeness (QED) is 0.331. The molecule has 0 bridgehead atoms. The maximum Gasteiger partial charge on any atom is 2.00 e. The van der Waals surface area contributed by atoms with E-state index in [2.05, 4.69) is 0 Å². The Morgan fingerprint density at radius 3 is 0.667 bits per heavy atom. The molecule has 0 amide bonds. The fourth-order valence-electron chi connectivity index (χ4n) is 0. The fraction of sp³-hybridized carbons (Fsp3) is 0.600. The molecule has 0 aliphatic rings. The first kappa shape index (κ1) is 36.6. The zero-order chi connectivity index (χ0) is 17.7.